The van der Waals surface area contributed by atoms with Gasteiger partial charge in [-0.05, 0) is 22.9 Å². The van der Waals surface area contributed by atoms with E-state index < -0.39 is 23.6 Å². The number of H-pyrrole nitrogens is 1. The van der Waals surface area contributed by atoms with E-state index >= 15 is 0 Å². The highest BCUT2D eigenvalue weighted by molar-refractivity contribution is 7.08. The van der Waals surface area contributed by atoms with Crippen LogP contribution in [0.1, 0.15) is 22.0 Å². The van der Waals surface area contributed by atoms with Gasteiger partial charge in [-0.2, -0.15) is 11.3 Å². The summed E-state index contributed by atoms with van der Waals surface area (Å²) in [5, 5.41) is 3.41. The van der Waals surface area contributed by atoms with Crippen LogP contribution in [0.25, 0.3) is 0 Å². The Labute approximate surface area is 128 Å². The average molecular weight is 328 g/mol. The van der Waals surface area contributed by atoms with Crippen LogP contribution in [0.5, 0.6) is 0 Å². The molecule has 1 N–H and O–H groups in total. The molecule has 0 saturated carbocycles. The van der Waals surface area contributed by atoms with Crippen LogP contribution in [0.3, 0.4) is 0 Å². The molecule has 0 bridgehead atoms. The Hall–Kier alpha value is -2.12. The molecule has 0 aliphatic rings. The highest BCUT2D eigenvalue weighted by atomic mass is 35.5. The second kappa shape index (κ2) is 6.55. The normalized spacial score (nSPS) is 11.7. The Morgan fingerprint density at radius 3 is 2.71 bits per heavy atom. The van der Waals surface area contributed by atoms with Crippen LogP contribution >= 0.6 is 22.9 Å². The molecule has 0 aromatic carbocycles. The van der Waals surface area contributed by atoms with Crippen molar-refractivity contribution in [2.45, 2.75) is 6.10 Å². The molecule has 0 aliphatic heterocycles. The maximum absolute atomic E-state index is 12.0. The Morgan fingerprint density at radius 2 is 2.14 bits per heavy atom. The topological polar surface area (TPSA) is 85.5 Å². The number of methoxy groups -OCH3 is 1. The maximum Gasteiger partial charge on any atom is 0.352 e. The van der Waals surface area contributed by atoms with E-state index in [1.807, 2.05) is 0 Å². The SMILES string of the molecule is COC(=O)C(OC(=O)c1cc(Cl)[nH]c(=O)c1)c1ccsc1. The van der Waals surface area contributed by atoms with Gasteiger partial charge in [0.25, 0.3) is 0 Å². The molecule has 0 aliphatic carbocycles. The molecule has 0 amide bonds. The fourth-order valence-electron chi connectivity index (χ4n) is 1.59. The second-order valence-electron chi connectivity index (χ2n) is 3.95. The molecule has 21 heavy (non-hydrogen) atoms. The minimum atomic E-state index is -1.19. The van der Waals surface area contributed by atoms with E-state index in [1.54, 1.807) is 16.8 Å². The van der Waals surface area contributed by atoms with E-state index in [2.05, 4.69) is 9.72 Å². The van der Waals surface area contributed by atoms with E-state index in [1.165, 1.54) is 24.5 Å². The molecule has 2 rings (SSSR count). The predicted molar refractivity (Wildman–Crippen MR) is 76.6 cm³/mol. The third-order valence-electron chi connectivity index (χ3n) is 2.53. The molecule has 2 aromatic heterocycles. The number of ether oxygens (including phenoxy) is 2. The quantitative estimate of drug-likeness (QED) is 0.687. The molecule has 0 saturated heterocycles. The van der Waals surface area contributed by atoms with Gasteiger partial charge in [0, 0.05) is 11.6 Å². The number of aromatic amines is 1. The summed E-state index contributed by atoms with van der Waals surface area (Å²) in [5.74, 6) is -1.55. The van der Waals surface area contributed by atoms with Crippen molar-refractivity contribution in [3.63, 3.8) is 0 Å². The van der Waals surface area contributed by atoms with E-state index in [9.17, 15) is 14.4 Å². The summed E-state index contributed by atoms with van der Waals surface area (Å²) in [6.45, 7) is 0. The first-order valence-corrected chi connectivity index (χ1v) is 7.04. The number of thiophene rings is 1. The Balaban J connectivity index is 2.26. The lowest BCUT2D eigenvalue weighted by atomic mass is 10.2. The minimum absolute atomic E-state index is 0.000369. The molecule has 1 unspecified atom stereocenters. The van der Waals surface area contributed by atoms with Crippen molar-refractivity contribution in [2.24, 2.45) is 0 Å². The number of pyridine rings is 1. The smallest absolute Gasteiger partial charge is 0.352 e. The number of esters is 2. The summed E-state index contributed by atoms with van der Waals surface area (Å²) in [6, 6.07) is 3.92. The van der Waals surface area contributed by atoms with Crippen molar-refractivity contribution in [1.29, 1.82) is 0 Å². The van der Waals surface area contributed by atoms with Gasteiger partial charge in [0.1, 0.15) is 5.15 Å². The van der Waals surface area contributed by atoms with Gasteiger partial charge in [-0.1, -0.05) is 11.6 Å². The lowest BCUT2D eigenvalue weighted by molar-refractivity contribution is -0.151. The summed E-state index contributed by atoms with van der Waals surface area (Å²) >= 11 is 7.02. The molecule has 2 aromatic rings. The zero-order chi connectivity index (χ0) is 15.4. The molecule has 1 atom stereocenters. The summed E-state index contributed by atoms with van der Waals surface area (Å²) in [6.07, 6.45) is -1.19. The number of rotatable bonds is 4. The first kappa shape index (κ1) is 15.3. The van der Waals surface area contributed by atoms with Crippen LogP contribution in [0.2, 0.25) is 5.15 Å². The standard InChI is InChI=1S/C13H10ClNO5S/c1-19-13(18)11(7-2-3-21-6-7)20-12(17)8-4-9(14)15-10(16)5-8/h2-6,11H,1H3,(H,15,16). The molecule has 8 heteroatoms. The van der Waals surface area contributed by atoms with Crippen LogP contribution in [-0.2, 0) is 14.3 Å². The van der Waals surface area contributed by atoms with Gasteiger partial charge in [0.15, 0.2) is 0 Å². The van der Waals surface area contributed by atoms with Gasteiger partial charge in [-0.25, -0.2) is 9.59 Å². The van der Waals surface area contributed by atoms with Crippen LogP contribution in [0.4, 0.5) is 0 Å². The van der Waals surface area contributed by atoms with Crippen LogP contribution in [0.15, 0.2) is 33.8 Å². The molecule has 0 fully saturated rings. The fraction of sp³-hybridized carbons (Fsp3) is 0.154. The summed E-state index contributed by atoms with van der Waals surface area (Å²) in [5.41, 5.74) is -0.0939. The average Bonchev–Trinajstić information content (AvgIpc) is 2.96. The van der Waals surface area contributed by atoms with E-state index in [0.29, 0.717) is 5.56 Å². The summed E-state index contributed by atoms with van der Waals surface area (Å²) < 4.78 is 9.74. The van der Waals surface area contributed by atoms with Crippen molar-refractivity contribution in [3.8, 4) is 0 Å². The van der Waals surface area contributed by atoms with Gasteiger partial charge in [-0.3, -0.25) is 4.79 Å². The van der Waals surface area contributed by atoms with E-state index in [0.717, 1.165) is 6.07 Å². The second-order valence-corrected chi connectivity index (χ2v) is 5.13. The number of hydrogen-bond acceptors (Lipinski definition) is 6. The van der Waals surface area contributed by atoms with Crippen LogP contribution in [-0.4, -0.2) is 24.0 Å². The third-order valence-corrected chi connectivity index (χ3v) is 3.44. The molecule has 0 radical (unpaired) electrons. The van der Waals surface area contributed by atoms with Crippen molar-refractivity contribution >= 4 is 34.9 Å². The van der Waals surface area contributed by atoms with Crippen LogP contribution < -0.4 is 5.56 Å². The van der Waals surface area contributed by atoms with Gasteiger partial charge in [-0.15, -0.1) is 0 Å². The van der Waals surface area contributed by atoms with E-state index in [4.69, 9.17) is 16.3 Å². The first-order valence-electron chi connectivity index (χ1n) is 5.72. The lowest BCUT2D eigenvalue weighted by Gasteiger charge is -2.14. The van der Waals surface area contributed by atoms with Crippen molar-refractivity contribution in [2.75, 3.05) is 7.11 Å². The minimum Gasteiger partial charge on any atom is -0.466 e. The lowest BCUT2D eigenvalue weighted by Crippen LogP contribution is -2.21. The Morgan fingerprint density at radius 1 is 1.38 bits per heavy atom. The van der Waals surface area contributed by atoms with Crippen molar-refractivity contribution < 1.29 is 19.1 Å². The Kier molecular flexibility index (Phi) is 4.77. The Bertz CT molecular complexity index is 710. The largest absolute Gasteiger partial charge is 0.466 e. The molecular formula is C13H10ClNO5S. The van der Waals surface area contributed by atoms with Crippen molar-refractivity contribution in [3.05, 3.63) is 55.6 Å². The molecule has 110 valence electrons. The fourth-order valence-corrected chi connectivity index (χ4v) is 2.47. The summed E-state index contributed by atoms with van der Waals surface area (Å²) in [4.78, 5) is 37.3. The van der Waals surface area contributed by atoms with E-state index in [-0.39, 0.29) is 10.7 Å². The van der Waals surface area contributed by atoms with Gasteiger partial charge >= 0.3 is 11.9 Å². The number of hydrogen-bond donors (Lipinski definition) is 1. The highest BCUT2D eigenvalue weighted by Gasteiger charge is 2.27. The number of nitrogens with one attached hydrogen (secondary N) is 1. The zero-order valence-electron chi connectivity index (χ0n) is 10.8. The van der Waals surface area contributed by atoms with Gasteiger partial charge < -0.3 is 14.5 Å². The monoisotopic (exact) mass is 327 g/mol. The number of halogens is 1. The molecular weight excluding hydrogens is 318 g/mol. The predicted octanol–water partition coefficient (Wildman–Crippen LogP) is 2.16. The maximum atomic E-state index is 12.0. The number of carbonyl (C=O) groups is 2. The highest BCUT2D eigenvalue weighted by Crippen LogP contribution is 2.23. The van der Waals surface area contributed by atoms with Crippen LogP contribution in [0, 0.1) is 0 Å². The number of aromatic nitrogens is 1. The van der Waals surface area contributed by atoms with Gasteiger partial charge in [0.2, 0.25) is 11.7 Å². The number of carbonyl (C=O) groups excluding carboxylic acids is 2. The zero-order valence-corrected chi connectivity index (χ0v) is 12.4. The third kappa shape index (κ3) is 3.71. The molecule has 6 nitrogen and oxygen atoms in total. The molecule has 0 spiro atoms. The summed E-state index contributed by atoms with van der Waals surface area (Å²) in [7, 11) is 1.19. The molecule has 2 heterocycles. The van der Waals surface area contributed by atoms with Crippen molar-refractivity contribution in [1.82, 2.24) is 4.98 Å². The van der Waals surface area contributed by atoms with Gasteiger partial charge in [0.05, 0.1) is 12.7 Å². The first-order chi connectivity index (χ1) is 10.0.